The summed E-state index contributed by atoms with van der Waals surface area (Å²) in [6.45, 7) is 5.39. The highest BCUT2D eigenvalue weighted by molar-refractivity contribution is 6.31. The van der Waals surface area contributed by atoms with E-state index in [1.807, 2.05) is 23.1 Å². The highest BCUT2D eigenvalue weighted by Gasteiger charge is 2.41. The Kier molecular flexibility index (Phi) is 12.7. The summed E-state index contributed by atoms with van der Waals surface area (Å²) in [5.41, 5.74) is 6.02. The minimum Gasteiger partial charge on any atom is -0.490 e. The Balaban J connectivity index is 0.733. The van der Waals surface area contributed by atoms with Crippen LogP contribution in [-0.4, -0.2) is 101 Å². The summed E-state index contributed by atoms with van der Waals surface area (Å²) in [6, 6.07) is 19.1. The van der Waals surface area contributed by atoms with Crippen molar-refractivity contribution in [2.24, 2.45) is 11.0 Å². The number of aryl methyl sites for hydroxylation is 1. The summed E-state index contributed by atoms with van der Waals surface area (Å²) in [7, 11) is 0. The van der Waals surface area contributed by atoms with Gasteiger partial charge in [-0.25, -0.2) is 0 Å². The Morgan fingerprint density at radius 2 is 1.63 bits per heavy atom. The number of amidine groups is 1. The number of nitrogens with one attached hydrogen (secondary N) is 1. The highest BCUT2D eigenvalue weighted by Crippen LogP contribution is 2.36. The molecule has 5 heterocycles. The molecule has 326 valence electrons. The number of hydrazone groups is 1. The van der Waals surface area contributed by atoms with Gasteiger partial charge in [0, 0.05) is 61.9 Å². The molecule has 0 spiro atoms. The third-order valence-corrected chi connectivity index (χ3v) is 13.9. The van der Waals surface area contributed by atoms with Crippen LogP contribution in [0.5, 0.6) is 5.75 Å². The fourth-order valence-corrected chi connectivity index (χ4v) is 10.3. The number of piperidine rings is 1. The Morgan fingerprint density at radius 3 is 2.35 bits per heavy atom. The van der Waals surface area contributed by atoms with E-state index in [1.54, 1.807) is 31.2 Å². The van der Waals surface area contributed by atoms with Crippen molar-refractivity contribution in [2.45, 2.75) is 115 Å². The minimum absolute atomic E-state index is 0.0267. The molecule has 2 saturated carbocycles. The van der Waals surface area contributed by atoms with E-state index in [0.29, 0.717) is 46.6 Å². The molecule has 1 saturated heterocycles. The van der Waals surface area contributed by atoms with Gasteiger partial charge in [-0.2, -0.15) is 10.5 Å². The number of benzene rings is 2. The average molecular weight is 870 g/mol. The van der Waals surface area contributed by atoms with Crippen molar-refractivity contribution in [1.82, 2.24) is 20.4 Å². The van der Waals surface area contributed by atoms with Crippen molar-refractivity contribution in [3.05, 3.63) is 87.2 Å². The average Bonchev–Trinajstić information content (AvgIpc) is 3.67. The number of nitriles is 2. The first kappa shape index (κ1) is 42.5. The zero-order chi connectivity index (χ0) is 43.5. The van der Waals surface area contributed by atoms with Gasteiger partial charge in [-0.1, -0.05) is 16.3 Å². The molecule has 4 aliphatic heterocycles. The summed E-state index contributed by atoms with van der Waals surface area (Å²) in [5, 5.41) is 36.1. The molecular formula is C48H54ClN10O4+. The fourth-order valence-electron chi connectivity index (χ4n) is 10.0. The summed E-state index contributed by atoms with van der Waals surface area (Å²) >= 11 is 6.17. The lowest BCUT2D eigenvalue weighted by Crippen LogP contribution is -2.42. The van der Waals surface area contributed by atoms with Crippen LogP contribution in [0.25, 0.3) is 0 Å². The monoisotopic (exact) mass is 869 g/mol. The summed E-state index contributed by atoms with van der Waals surface area (Å²) in [4.78, 5) is 32.0. The van der Waals surface area contributed by atoms with Crippen molar-refractivity contribution in [2.75, 3.05) is 42.5 Å². The maximum Gasteiger partial charge on any atom is 0.272 e. The van der Waals surface area contributed by atoms with Gasteiger partial charge in [-0.05, 0) is 125 Å². The van der Waals surface area contributed by atoms with Crippen molar-refractivity contribution in [3.8, 4) is 17.9 Å². The molecule has 63 heavy (non-hydrogen) atoms. The van der Waals surface area contributed by atoms with Crippen molar-refractivity contribution >= 4 is 47.0 Å². The third kappa shape index (κ3) is 9.58. The molecule has 2 aliphatic carbocycles. The van der Waals surface area contributed by atoms with Crippen molar-refractivity contribution in [3.63, 3.8) is 0 Å². The zero-order valence-corrected chi connectivity index (χ0v) is 36.6. The molecule has 1 N–H and O–H groups in total. The summed E-state index contributed by atoms with van der Waals surface area (Å²) in [5.74, 6) is 2.61. The van der Waals surface area contributed by atoms with Crippen LogP contribution in [0, 0.1) is 28.6 Å². The van der Waals surface area contributed by atoms with Gasteiger partial charge in [-0.15, -0.1) is 10.2 Å². The van der Waals surface area contributed by atoms with Gasteiger partial charge in [0.2, 0.25) is 17.4 Å². The smallest absolute Gasteiger partial charge is 0.272 e. The Labute approximate surface area is 373 Å². The highest BCUT2D eigenvalue weighted by atomic mass is 35.5. The minimum atomic E-state index is -0.216. The lowest BCUT2D eigenvalue weighted by molar-refractivity contribution is -0.479. The van der Waals surface area contributed by atoms with Gasteiger partial charge in [0.1, 0.15) is 11.8 Å². The second-order valence-corrected chi connectivity index (χ2v) is 18.1. The van der Waals surface area contributed by atoms with Crippen LogP contribution < -0.4 is 19.9 Å². The normalized spacial score (nSPS) is 24.5. The number of rotatable bonds is 8. The molecule has 15 heteroatoms. The number of ether oxygens (including phenoxy) is 2. The maximum atomic E-state index is 13.1. The van der Waals surface area contributed by atoms with Gasteiger partial charge in [0.05, 0.1) is 59.1 Å². The Morgan fingerprint density at radius 1 is 0.857 bits per heavy atom. The van der Waals surface area contributed by atoms with Gasteiger partial charge >= 0.3 is 0 Å². The van der Waals surface area contributed by atoms with Gasteiger partial charge in [0.25, 0.3) is 5.91 Å². The van der Waals surface area contributed by atoms with E-state index in [4.69, 9.17) is 31.4 Å². The molecule has 9 rings (SSSR count). The lowest BCUT2D eigenvalue weighted by Gasteiger charge is -2.35. The number of fused-ring (bicyclic) bond motifs is 1. The topological polar surface area (TPSA) is 163 Å². The molecule has 2 amide bonds. The molecule has 0 unspecified atom stereocenters. The van der Waals surface area contributed by atoms with Gasteiger partial charge in [-0.3, -0.25) is 9.59 Å². The van der Waals surface area contributed by atoms with Gasteiger partial charge in [0.15, 0.2) is 17.7 Å². The van der Waals surface area contributed by atoms with E-state index in [0.717, 1.165) is 126 Å². The van der Waals surface area contributed by atoms with Crippen LogP contribution in [0.2, 0.25) is 5.02 Å². The molecule has 3 aromatic rings. The number of halogens is 1. The summed E-state index contributed by atoms with van der Waals surface area (Å²) in [6.07, 6.45) is 14.6. The van der Waals surface area contributed by atoms with Crippen molar-refractivity contribution in [1.29, 1.82) is 10.5 Å². The molecule has 0 bridgehead atoms. The number of amides is 2. The maximum absolute atomic E-state index is 13.1. The number of hydrogen-bond donors (Lipinski definition) is 1. The van der Waals surface area contributed by atoms with E-state index in [9.17, 15) is 14.9 Å². The lowest BCUT2D eigenvalue weighted by atomic mass is 9.88. The molecule has 0 atom stereocenters. The summed E-state index contributed by atoms with van der Waals surface area (Å²) < 4.78 is 14.9. The van der Waals surface area contributed by atoms with E-state index in [-0.39, 0.29) is 36.2 Å². The van der Waals surface area contributed by atoms with E-state index < -0.39 is 0 Å². The standard InChI is InChI=1S/C48H53ClN10O4/c1-31(60)57-24-20-45-41(30-57)47(58-21-2-3-34-25-33(27-50)6-16-44(34)58)55-59(45)29-32-4-10-37(11-5-32)62-39-18-22-56(23-19-39)46-17-15-43(53-54-46)48(61)52-36-8-13-38(14-9-36)63-40-12-7-35(28-51)42(49)26-40/h6-7,12,15-17,25-26,29,32,36-39H,2-5,8-11,13-14,18-24,30H2,1H3/p+1/b59-29-. The van der Waals surface area contributed by atoms with Crippen LogP contribution in [0.1, 0.15) is 111 Å². The van der Waals surface area contributed by atoms with Crippen LogP contribution in [0.4, 0.5) is 11.5 Å². The third-order valence-electron chi connectivity index (χ3n) is 13.6. The molecule has 0 radical (unpaired) electrons. The first-order chi connectivity index (χ1) is 30.7. The van der Waals surface area contributed by atoms with Crippen LogP contribution >= 0.6 is 11.6 Å². The Bertz CT molecular complexity index is 2400. The van der Waals surface area contributed by atoms with Crippen LogP contribution in [-0.2, 0) is 16.0 Å². The molecule has 6 aliphatic rings. The molecule has 2 aromatic carbocycles. The molecule has 3 fully saturated rings. The van der Waals surface area contributed by atoms with E-state index in [2.05, 4.69) is 54.4 Å². The predicted molar refractivity (Wildman–Crippen MR) is 239 cm³/mol. The van der Waals surface area contributed by atoms with Gasteiger partial charge < -0.3 is 29.5 Å². The second kappa shape index (κ2) is 18.9. The van der Waals surface area contributed by atoms with E-state index >= 15 is 0 Å². The second-order valence-electron chi connectivity index (χ2n) is 17.7. The zero-order valence-electron chi connectivity index (χ0n) is 35.8. The number of carbonyl (C=O) groups is 2. The van der Waals surface area contributed by atoms with Crippen LogP contribution in [0.3, 0.4) is 0 Å². The first-order valence-electron chi connectivity index (χ1n) is 22.6. The molecule has 14 nitrogen and oxygen atoms in total. The first-order valence-corrected chi connectivity index (χ1v) is 23.0. The molecular weight excluding hydrogens is 816 g/mol. The number of carbonyl (C=O) groups excluding carboxylic acids is 2. The van der Waals surface area contributed by atoms with E-state index in [1.165, 1.54) is 11.3 Å². The number of nitrogens with zero attached hydrogens (tertiary/aromatic N) is 9. The largest absolute Gasteiger partial charge is 0.490 e. The van der Waals surface area contributed by atoms with Crippen LogP contribution in [0.15, 0.2) is 64.9 Å². The number of aromatic nitrogens is 2. The molecule has 1 aromatic heterocycles. The SMILES string of the molecule is CC(=O)N1CCC2=C(C1)C(N1CCCc3cc(C#N)ccc31)=N/[N+]2=C\C1CCC(OC2CCN(c3ccc(C(=O)NC4CCC(Oc5ccc(C#N)c(Cl)c5)CC4)nn3)CC2)CC1. The number of anilines is 2. The quantitative estimate of drug-likeness (QED) is 0.236. The van der Waals surface area contributed by atoms with Crippen molar-refractivity contribution < 1.29 is 23.7 Å². The number of hydrogen-bond acceptors (Lipinski definition) is 11. The predicted octanol–water partition coefficient (Wildman–Crippen LogP) is 6.91. The Hall–Kier alpha value is -5.83. The fraction of sp³-hybridized carbons (Fsp3) is 0.500.